The van der Waals surface area contributed by atoms with Crippen molar-refractivity contribution in [2.24, 2.45) is 0 Å². The summed E-state index contributed by atoms with van der Waals surface area (Å²) < 4.78 is 66.7. The lowest BCUT2D eigenvalue weighted by Crippen LogP contribution is -2.12. The molecule has 0 bridgehead atoms. The van der Waals surface area contributed by atoms with Crippen LogP contribution in [-0.2, 0) is 6.42 Å². The van der Waals surface area contributed by atoms with Crippen molar-refractivity contribution in [3.63, 3.8) is 0 Å². The van der Waals surface area contributed by atoms with E-state index in [0.29, 0.717) is 11.1 Å². The van der Waals surface area contributed by atoms with Crippen LogP contribution in [-0.4, -0.2) is 11.9 Å². The Hall–Kier alpha value is -5.48. The van der Waals surface area contributed by atoms with Crippen molar-refractivity contribution >= 4 is 11.9 Å². The summed E-state index contributed by atoms with van der Waals surface area (Å²) in [5, 5.41) is 17.5. The molecular weight excluding hydrogens is 516 g/mol. The quantitative estimate of drug-likeness (QED) is 0.172. The largest absolute Gasteiger partial charge is 0.423 e. The smallest absolute Gasteiger partial charge is 0.346 e. The third-order valence-corrected chi connectivity index (χ3v) is 5.46. The Morgan fingerprint density at radius 1 is 0.590 bits per heavy atom. The molecular formula is C29H14F4N2O4. The zero-order chi connectivity index (χ0) is 28.1. The third-order valence-electron chi connectivity index (χ3n) is 5.46. The average Bonchev–Trinajstić information content (AvgIpc) is 2.89. The second-order valence-corrected chi connectivity index (χ2v) is 8.09. The first-order valence-corrected chi connectivity index (χ1v) is 11.1. The van der Waals surface area contributed by atoms with E-state index < -0.39 is 46.3 Å². The van der Waals surface area contributed by atoms with E-state index in [1.165, 1.54) is 24.3 Å². The number of esters is 2. The minimum Gasteiger partial charge on any atom is -0.423 e. The highest BCUT2D eigenvalue weighted by Gasteiger charge is 2.18. The van der Waals surface area contributed by atoms with Crippen LogP contribution in [0.2, 0.25) is 0 Å². The SMILES string of the molecule is N#Cc1ccc(OC(=O)c2ccc(Cc3ccc(C(=O)Oc4ccc(C#N)c(F)c4)c(F)c3)cc2F)cc1F. The number of nitriles is 2. The van der Waals surface area contributed by atoms with E-state index in [0.717, 1.165) is 48.5 Å². The lowest BCUT2D eigenvalue weighted by atomic mass is 10.0. The van der Waals surface area contributed by atoms with Gasteiger partial charge in [0.1, 0.15) is 46.9 Å². The fraction of sp³-hybridized carbons (Fsp3) is 0.0345. The Morgan fingerprint density at radius 3 is 1.33 bits per heavy atom. The summed E-state index contributed by atoms with van der Waals surface area (Å²) in [7, 11) is 0. The van der Waals surface area contributed by atoms with E-state index >= 15 is 0 Å². The normalized spacial score (nSPS) is 10.3. The highest BCUT2D eigenvalue weighted by molar-refractivity contribution is 5.92. The van der Waals surface area contributed by atoms with E-state index in [-0.39, 0.29) is 29.0 Å². The van der Waals surface area contributed by atoms with Gasteiger partial charge in [0, 0.05) is 12.1 Å². The predicted molar refractivity (Wildman–Crippen MR) is 128 cm³/mol. The van der Waals surface area contributed by atoms with Crippen molar-refractivity contribution in [1.29, 1.82) is 10.5 Å². The van der Waals surface area contributed by atoms with E-state index in [9.17, 15) is 27.2 Å². The van der Waals surface area contributed by atoms with Gasteiger partial charge in [0.25, 0.3) is 0 Å². The maximum Gasteiger partial charge on any atom is 0.346 e. The molecule has 6 nitrogen and oxygen atoms in total. The molecule has 0 saturated heterocycles. The van der Waals surface area contributed by atoms with Crippen LogP contribution in [0.15, 0.2) is 72.8 Å². The van der Waals surface area contributed by atoms with E-state index in [4.69, 9.17) is 20.0 Å². The van der Waals surface area contributed by atoms with Gasteiger partial charge in [0.05, 0.1) is 22.3 Å². The first-order valence-electron chi connectivity index (χ1n) is 11.1. The molecule has 0 atom stereocenters. The molecule has 4 rings (SSSR count). The number of ether oxygens (including phenoxy) is 2. The fourth-order valence-corrected chi connectivity index (χ4v) is 3.53. The topological polar surface area (TPSA) is 100 Å². The van der Waals surface area contributed by atoms with Crippen LogP contribution in [0.25, 0.3) is 0 Å². The Bertz CT molecular complexity index is 1580. The molecule has 0 amide bonds. The number of hydrogen-bond donors (Lipinski definition) is 0. The summed E-state index contributed by atoms with van der Waals surface area (Å²) in [4.78, 5) is 24.6. The number of rotatable bonds is 6. The zero-order valence-electron chi connectivity index (χ0n) is 19.7. The zero-order valence-corrected chi connectivity index (χ0v) is 19.7. The van der Waals surface area contributed by atoms with Gasteiger partial charge in [-0.1, -0.05) is 12.1 Å². The Labute approximate surface area is 218 Å². The van der Waals surface area contributed by atoms with Crippen LogP contribution in [0.3, 0.4) is 0 Å². The summed E-state index contributed by atoms with van der Waals surface area (Å²) >= 11 is 0. The maximum absolute atomic E-state index is 14.6. The molecule has 4 aromatic rings. The van der Waals surface area contributed by atoms with Crippen LogP contribution in [0.4, 0.5) is 17.6 Å². The molecule has 4 aromatic carbocycles. The Morgan fingerprint density at radius 2 is 1.00 bits per heavy atom. The number of carbonyl (C=O) groups excluding carboxylic acids is 2. The third kappa shape index (κ3) is 6.09. The van der Waals surface area contributed by atoms with Crippen molar-refractivity contribution in [2.45, 2.75) is 6.42 Å². The molecule has 0 saturated carbocycles. The maximum atomic E-state index is 14.6. The summed E-state index contributed by atoms with van der Waals surface area (Å²) in [5.41, 5.74) is -0.589. The first-order chi connectivity index (χ1) is 18.7. The molecule has 0 heterocycles. The van der Waals surface area contributed by atoms with Crippen LogP contribution >= 0.6 is 0 Å². The van der Waals surface area contributed by atoms with Gasteiger partial charge in [0.2, 0.25) is 0 Å². The van der Waals surface area contributed by atoms with Crippen LogP contribution in [0.1, 0.15) is 43.0 Å². The fourth-order valence-electron chi connectivity index (χ4n) is 3.53. The van der Waals surface area contributed by atoms with Gasteiger partial charge >= 0.3 is 11.9 Å². The molecule has 10 heteroatoms. The second kappa shape index (κ2) is 11.3. The summed E-state index contributed by atoms with van der Waals surface area (Å²) in [5.74, 6) is -6.24. The molecule has 0 N–H and O–H groups in total. The molecule has 192 valence electrons. The average molecular weight is 530 g/mol. The van der Waals surface area contributed by atoms with Gasteiger partial charge in [-0.2, -0.15) is 10.5 Å². The highest BCUT2D eigenvalue weighted by Crippen LogP contribution is 2.22. The highest BCUT2D eigenvalue weighted by atomic mass is 19.1. The molecule has 0 spiro atoms. The Balaban J connectivity index is 1.43. The van der Waals surface area contributed by atoms with Crippen LogP contribution in [0.5, 0.6) is 11.5 Å². The standard InChI is InChI=1S/C29H14F4N2O4/c30-24-12-20(5-3-18(24)14-34)38-28(36)22-7-1-16(10-26(22)32)9-17-2-8-23(27(33)11-17)29(37)39-21-6-4-19(15-35)25(31)13-21/h1-8,10-13H,9H2. The van der Waals surface area contributed by atoms with Gasteiger partial charge < -0.3 is 9.47 Å². The lowest BCUT2D eigenvalue weighted by Gasteiger charge is -2.09. The lowest BCUT2D eigenvalue weighted by molar-refractivity contribution is 0.0719. The van der Waals surface area contributed by atoms with Gasteiger partial charge in [-0.05, 0) is 66.1 Å². The van der Waals surface area contributed by atoms with Gasteiger partial charge in [0.15, 0.2) is 0 Å². The molecule has 0 fully saturated rings. The van der Waals surface area contributed by atoms with E-state index in [2.05, 4.69) is 0 Å². The molecule has 0 aliphatic heterocycles. The molecule has 0 radical (unpaired) electrons. The van der Waals surface area contributed by atoms with Gasteiger partial charge in [-0.3, -0.25) is 0 Å². The van der Waals surface area contributed by atoms with Crippen molar-refractivity contribution < 1.29 is 36.6 Å². The van der Waals surface area contributed by atoms with Crippen LogP contribution < -0.4 is 9.47 Å². The number of nitrogens with zero attached hydrogens (tertiary/aromatic N) is 2. The van der Waals surface area contributed by atoms with Crippen molar-refractivity contribution in [3.8, 4) is 23.6 Å². The minimum absolute atomic E-state index is 0.0418. The summed E-state index contributed by atoms with van der Waals surface area (Å²) in [6, 6.07) is 16.8. The summed E-state index contributed by atoms with van der Waals surface area (Å²) in [6.07, 6.45) is 0.0418. The molecule has 0 aliphatic carbocycles. The molecule has 0 aliphatic rings. The van der Waals surface area contributed by atoms with Gasteiger partial charge in [-0.15, -0.1) is 0 Å². The van der Waals surface area contributed by atoms with Crippen molar-refractivity contribution in [3.05, 3.63) is 129 Å². The number of carbonyl (C=O) groups is 2. The number of benzene rings is 4. The van der Waals surface area contributed by atoms with Crippen molar-refractivity contribution in [1.82, 2.24) is 0 Å². The van der Waals surface area contributed by atoms with Crippen LogP contribution in [0, 0.1) is 45.9 Å². The molecule has 0 unspecified atom stereocenters. The minimum atomic E-state index is -1.08. The summed E-state index contributed by atoms with van der Waals surface area (Å²) in [6.45, 7) is 0. The molecule has 39 heavy (non-hydrogen) atoms. The van der Waals surface area contributed by atoms with Crippen molar-refractivity contribution in [2.75, 3.05) is 0 Å². The van der Waals surface area contributed by atoms with Gasteiger partial charge in [-0.25, -0.2) is 27.2 Å². The Kier molecular flexibility index (Phi) is 7.69. The molecule has 0 aromatic heterocycles. The number of hydrogen-bond acceptors (Lipinski definition) is 6. The monoisotopic (exact) mass is 530 g/mol. The van der Waals surface area contributed by atoms with E-state index in [1.807, 2.05) is 0 Å². The predicted octanol–water partition coefficient (Wildman–Crippen LogP) is 6.02. The first kappa shape index (κ1) is 26.6. The number of halogens is 4. The second-order valence-electron chi connectivity index (χ2n) is 8.09. The van der Waals surface area contributed by atoms with E-state index in [1.54, 1.807) is 12.1 Å².